The Balaban J connectivity index is 1.56. The van der Waals surface area contributed by atoms with Crippen LogP contribution >= 0.6 is 0 Å². The number of nitrogens with zero attached hydrogens (tertiary/aromatic N) is 7. The summed E-state index contributed by atoms with van der Waals surface area (Å²) in [5.41, 5.74) is 0. The first-order valence-corrected chi connectivity index (χ1v) is 8.01. The highest BCUT2D eigenvalue weighted by Gasteiger charge is 2.21. The van der Waals surface area contributed by atoms with Crippen molar-refractivity contribution in [2.75, 3.05) is 49.6 Å². The summed E-state index contributed by atoms with van der Waals surface area (Å²) in [6.45, 7) is 3.37. The molecule has 8 heteroatoms. The maximum Gasteiger partial charge on any atom is 0.242 e. The van der Waals surface area contributed by atoms with Crippen LogP contribution in [0.15, 0.2) is 36.9 Å². The molecule has 0 saturated carbocycles. The number of hydrogen-bond donors (Lipinski definition) is 0. The van der Waals surface area contributed by atoms with Gasteiger partial charge in [-0.15, -0.1) is 5.10 Å². The van der Waals surface area contributed by atoms with Gasteiger partial charge in [0.15, 0.2) is 5.82 Å². The van der Waals surface area contributed by atoms with Gasteiger partial charge in [-0.05, 0) is 18.6 Å². The molecule has 0 bridgehead atoms. The molecule has 0 spiro atoms. The zero-order chi connectivity index (χ0) is 16.8. The molecule has 2 aromatic rings. The van der Waals surface area contributed by atoms with E-state index in [9.17, 15) is 4.79 Å². The number of anilines is 2. The molecular formula is C16H21N7O. The second kappa shape index (κ2) is 7.67. The van der Waals surface area contributed by atoms with Gasteiger partial charge >= 0.3 is 0 Å². The van der Waals surface area contributed by atoms with Crippen LogP contribution in [0, 0.1) is 0 Å². The fourth-order valence-corrected chi connectivity index (χ4v) is 2.73. The third-order valence-corrected chi connectivity index (χ3v) is 4.04. The van der Waals surface area contributed by atoms with E-state index in [1.807, 2.05) is 29.0 Å². The summed E-state index contributed by atoms with van der Waals surface area (Å²) < 4.78 is 0. The lowest BCUT2D eigenvalue weighted by atomic mass is 10.3. The molecule has 3 heterocycles. The van der Waals surface area contributed by atoms with Crippen molar-refractivity contribution in [2.45, 2.75) is 6.42 Å². The Kier molecular flexibility index (Phi) is 5.15. The smallest absolute Gasteiger partial charge is 0.242 e. The van der Waals surface area contributed by atoms with Crippen LogP contribution in [0.5, 0.6) is 0 Å². The van der Waals surface area contributed by atoms with Gasteiger partial charge in [0, 0.05) is 51.8 Å². The Morgan fingerprint density at radius 2 is 2.12 bits per heavy atom. The Morgan fingerprint density at radius 3 is 2.88 bits per heavy atom. The minimum Gasteiger partial charge on any atom is -0.353 e. The van der Waals surface area contributed by atoms with Crippen LogP contribution in [0.3, 0.4) is 0 Å². The minimum absolute atomic E-state index is 0.101. The molecule has 2 aromatic heterocycles. The number of amides is 1. The van der Waals surface area contributed by atoms with Gasteiger partial charge in [-0.2, -0.15) is 5.10 Å². The average Bonchev–Trinajstić information content (AvgIpc) is 2.89. The van der Waals surface area contributed by atoms with Crippen LogP contribution in [-0.2, 0) is 4.79 Å². The fraction of sp³-hybridized carbons (Fsp3) is 0.438. The second-order valence-corrected chi connectivity index (χ2v) is 5.72. The molecule has 0 aliphatic carbocycles. The van der Waals surface area contributed by atoms with Gasteiger partial charge in [0.1, 0.15) is 5.82 Å². The van der Waals surface area contributed by atoms with Gasteiger partial charge in [0.05, 0.1) is 12.7 Å². The van der Waals surface area contributed by atoms with Gasteiger partial charge in [0.25, 0.3) is 0 Å². The predicted octanol–water partition coefficient (Wildman–Crippen LogP) is 0.442. The molecule has 0 N–H and O–H groups in total. The first-order valence-electron chi connectivity index (χ1n) is 8.01. The zero-order valence-electron chi connectivity index (χ0n) is 13.7. The lowest BCUT2D eigenvalue weighted by Gasteiger charge is -2.25. The van der Waals surface area contributed by atoms with Gasteiger partial charge in [-0.3, -0.25) is 9.78 Å². The van der Waals surface area contributed by atoms with Crippen molar-refractivity contribution in [1.82, 2.24) is 25.1 Å². The van der Waals surface area contributed by atoms with Crippen LogP contribution in [0.2, 0.25) is 0 Å². The van der Waals surface area contributed by atoms with E-state index in [0.717, 1.165) is 31.9 Å². The predicted molar refractivity (Wildman–Crippen MR) is 90.7 cm³/mol. The molecule has 1 saturated heterocycles. The van der Waals surface area contributed by atoms with E-state index in [4.69, 9.17) is 0 Å². The van der Waals surface area contributed by atoms with Crippen LogP contribution in [-0.4, -0.2) is 70.7 Å². The number of aromatic nitrogens is 4. The summed E-state index contributed by atoms with van der Waals surface area (Å²) in [4.78, 5) is 26.7. The number of rotatable bonds is 4. The molecule has 1 aliphatic heterocycles. The largest absolute Gasteiger partial charge is 0.353 e. The molecule has 8 nitrogen and oxygen atoms in total. The van der Waals surface area contributed by atoms with Gasteiger partial charge in [0.2, 0.25) is 5.91 Å². The van der Waals surface area contributed by atoms with Gasteiger partial charge < -0.3 is 14.7 Å². The minimum atomic E-state index is 0.101. The molecule has 0 radical (unpaired) electrons. The summed E-state index contributed by atoms with van der Waals surface area (Å²) in [7, 11) is 1.85. The van der Waals surface area contributed by atoms with Crippen molar-refractivity contribution in [3.05, 3.63) is 36.9 Å². The second-order valence-electron chi connectivity index (χ2n) is 5.72. The number of carbonyl (C=O) groups is 1. The fourth-order valence-electron chi connectivity index (χ4n) is 2.73. The van der Waals surface area contributed by atoms with E-state index in [-0.39, 0.29) is 5.91 Å². The highest BCUT2D eigenvalue weighted by molar-refractivity contribution is 5.81. The molecule has 126 valence electrons. The lowest BCUT2D eigenvalue weighted by Crippen LogP contribution is -2.41. The maximum absolute atomic E-state index is 12.6. The van der Waals surface area contributed by atoms with E-state index >= 15 is 0 Å². The summed E-state index contributed by atoms with van der Waals surface area (Å²) in [5.74, 6) is 1.66. The van der Waals surface area contributed by atoms with Crippen molar-refractivity contribution >= 4 is 17.5 Å². The van der Waals surface area contributed by atoms with E-state index in [1.165, 1.54) is 0 Å². The SMILES string of the molecule is CN(CC(=O)N1CCCN(c2cccnn2)CC1)c1cnccn1. The Morgan fingerprint density at radius 1 is 1.21 bits per heavy atom. The summed E-state index contributed by atoms with van der Waals surface area (Å²) in [6, 6.07) is 3.83. The molecular weight excluding hydrogens is 306 g/mol. The third-order valence-electron chi connectivity index (χ3n) is 4.04. The third kappa shape index (κ3) is 3.95. The van der Waals surface area contributed by atoms with Gasteiger partial charge in [-0.25, -0.2) is 4.98 Å². The topological polar surface area (TPSA) is 78.4 Å². The molecule has 24 heavy (non-hydrogen) atoms. The quantitative estimate of drug-likeness (QED) is 0.806. The number of hydrogen-bond acceptors (Lipinski definition) is 7. The molecule has 3 rings (SSSR count). The van der Waals surface area contributed by atoms with Gasteiger partial charge in [-0.1, -0.05) is 0 Å². The van der Waals surface area contributed by atoms with E-state index in [0.29, 0.717) is 18.9 Å². The first-order chi connectivity index (χ1) is 11.7. The lowest BCUT2D eigenvalue weighted by molar-refractivity contribution is -0.129. The number of carbonyl (C=O) groups excluding carboxylic acids is 1. The summed E-state index contributed by atoms with van der Waals surface area (Å²) in [5, 5.41) is 8.08. The monoisotopic (exact) mass is 327 g/mol. The van der Waals surface area contributed by atoms with Crippen molar-refractivity contribution < 1.29 is 4.79 Å². The Bertz CT molecular complexity index is 652. The maximum atomic E-state index is 12.6. The van der Waals surface area contributed by atoms with E-state index in [1.54, 1.807) is 24.8 Å². The van der Waals surface area contributed by atoms with E-state index in [2.05, 4.69) is 25.1 Å². The summed E-state index contributed by atoms with van der Waals surface area (Å²) >= 11 is 0. The van der Waals surface area contributed by atoms with E-state index < -0.39 is 0 Å². The highest BCUT2D eigenvalue weighted by Crippen LogP contribution is 2.13. The summed E-state index contributed by atoms with van der Waals surface area (Å²) in [6.07, 6.45) is 7.48. The van der Waals surface area contributed by atoms with Crippen molar-refractivity contribution in [2.24, 2.45) is 0 Å². The average molecular weight is 327 g/mol. The van der Waals surface area contributed by atoms with Crippen molar-refractivity contribution in [3.8, 4) is 0 Å². The number of likely N-dealkylation sites (N-methyl/N-ethyl adjacent to an activating group) is 1. The Labute approximate surface area is 141 Å². The normalized spacial score (nSPS) is 15.0. The molecule has 1 aliphatic rings. The Hall–Kier alpha value is -2.77. The molecule has 0 aromatic carbocycles. The molecule has 1 amide bonds. The van der Waals surface area contributed by atoms with Crippen LogP contribution < -0.4 is 9.80 Å². The van der Waals surface area contributed by atoms with Crippen LogP contribution in [0.1, 0.15) is 6.42 Å². The molecule has 0 atom stereocenters. The zero-order valence-corrected chi connectivity index (χ0v) is 13.7. The first kappa shape index (κ1) is 16.1. The molecule has 1 fully saturated rings. The van der Waals surface area contributed by atoms with Crippen molar-refractivity contribution in [3.63, 3.8) is 0 Å². The highest BCUT2D eigenvalue weighted by atomic mass is 16.2. The van der Waals surface area contributed by atoms with Crippen LogP contribution in [0.4, 0.5) is 11.6 Å². The standard InChI is InChI=1S/C16H21N7O/c1-21(15-12-17-6-7-18-15)13-16(24)23-9-3-8-22(10-11-23)14-4-2-5-19-20-14/h2,4-7,12H,3,8-11,13H2,1H3. The van der Waals surface area contributed by atoms with Crippen LogP contribution in [0.25, 0.3) is 0 Å². The molecule has 0 unspecified atom stereocenters. The van der Waals surface area contributed by atoms with Crippen molar-refractivity contribution in [1.29, 1.82) is 0 Å².